The van der Waals surface area contributed by atoms with Gasteiger partial charge in [0.1, 0.15) is 5.75 Å². The standard InChI is InChI=1S/C25H22ClN3O3/c1-15-4-3-5-18(12-15)27-23(30)16-6-9-19(10-7-16)29-24(31)28-21-14-25(29,2)32-22-11-8-17(26)13-20(21)22/h3-13,21H,14H2,1-2H3,(H,27,30)(H,28,31). The summed E-state index contributed by atoms with van der Waals surface area (Å²) in [6.45, 7) is 3.87. The Balaban J connectivity index is 1.40. The summed E-state index contributed by atoms with van der Waals surface area (Å²) in [5.74, 6) is 0.489. The molecule has 32 heavy (non-hydrogen) atoms. The van der Waals surface area contributed by atoms with Gasteiger partial charge in [0, 0.05) is 33.9 Å². The van der Waals surface area contributed by atoms with Crippen LogP contribution in [0.25, 0.3) is 0 Å². The maximum atomic E-state index is 13.0. The molecule has 162 valence electrons. The van der Waals surface area contributed by atoms with Gasteiger partial charge in [-0.2, -0.15) is 0 Å². The highest BCUT2D eigenvalue weighted by Crippen LogP contribution is 2.46. The van der Waals surface area contributed by atoms with E-state index in [0.717, 1.165) is 16.8 Å². The first-order valence-electron chi connectivity index (χ1n) is 10.4. The van der Waals surface area contributed by atoms with E-state index in [9.17, 15) is 9.59 Å². The summed E-state index contributed by atoms with van der Waals surface area (Å²) < 4.78 is 6.28. The molecular formula is C25H22ClN3O3. The third-order valence-corrected chi connectivity index (χ3v) is 6.13. The minimum Gasteiger partial charge on any atom is -0.467 e. The molecule has 2 heterocycles. The maximum Gasteiger partial charge on any atom is 0.325 e. The van der Waals surface area contributed by atoms with Gasteiger partial charge in [-0.15, -0.1) is 0 Å². The summed E-state index contributed by atoms with van der Waals surface area (Å²) in [7, 11) is 0. The van der Waals surface area contributed by atoms with Gasteiger partial charge in [-0.25, -0.2) is 4.79 Å². The molecule has 0 aliphatic carbocycles. The number of ether oxygens (including phenoxy) is 1. The third-order valence-electron chi connectivity index (χ3n) is 5.90. The van der Waals surface area contributed by atoms with Crippen molar-refractivity contribution in [3.05, 3.63) is 88.4 Å². The monoisotopic (exact) mass is 447 g/mol. The normalized spacial score (nSPS) is 21.3. The quantitative estimate of drug-likeness (QED) is 0.543. The number of benzene rings is 3. The minimum absolute atomic E-state index is 0.175. The molecule has 2 N–H and O–H groups in total. The van der Waals surface area contributed by atoms with E-state index in [2.05, 4.69) is 10.6 Å². The first-order chi connectivity index (χ1) is 15.3. The number of hydrogen-bond donors (Lipinski definition) is 2. The molecule has 2 bridgehead atoms. The Labute approximate surface area is 191 Å². The third kappa shape index (κ3) is 3.56. The molecule has 3 amide bonds. The van der Waals surface area contributed by atoms with Crippen molar-refractivity contribution in [1.29, 1.82) is 0 Å². The lowest BCUT2D eigenvalue weighted by molar-refractivity contribution is 0.0379. The van der Waals surface area contributed by atoms with E-state index in [0.29, 0.717) is 28.4 Å². The summed E-state index contributed by atoms with van der Waals surface area (Å²) in [4.78, 5) is 27.3. The second kappa shape index (κ2) is 7.57. The van der Waals surface area contributed by atoms with Crippen LogP contribution in [0.5, 0.6) is 5.75 Å². The lowest BCUT2D eigenvalue weighted by Gasteiger charge is -2.50. The molecule has 0 aromatic heterocycles. The van der Waals surface area contributed by atoms with Crippen molar-refractivity contribution in [3.63, 3.8) is 0 Å². The van der Waals surface area contributed by atoms with E-state index in [1.165, 1.54) is 0 Å². The fraction of sp³-hybridized carbons (Fsp3) is 0.200. The van der Waals surface area contributed by atoms with E-state index < -0.39 is 5.72 Å². The molecule has 2 aliphatic heterocycles. The second-order valence-electron chi connectivity index (χ2n) is 8.37. The average molecular weight is 448 g/mol. The molecule has 0 saturated carbocycles. The largest absolute Gasteiger partial charge is 0.467 e. The van der Waals surface area contributed by atoms with Crippen LogP contribution in [0.2, 0.25) is 5.02 Å². The van der Waals surface area contributed by atoms with Crippen LogP contribution < -0.4 is 20.3 Å². The Kier molecular flexibility index (Phi) is 4.82. The van der Waals surface area contributed by atoms with Gasteiger partial charge in [0.05, 0.1) is 6.04 Å². The van der Waals surface area contributed by atoms with E-state index in [1.807, 2.05) is 50.2 Å². The van der Waals surface area contributed by atoms with Crippen molar-refractivity contribution >= 4 is 34.9 Å². The number of hydrogen-bond acceptors (Lipinski definition) is 3. The number of aryl methyl sites for hydroxylation is 1. The van der Waals surface area contributed by atoms with Gasteiger partial charge in [0.2, 0.25) is 0 Å². The lowest BCUT2D eigenvalue weighted by atomic mass is 9.90. The predicted octanol–water partition coefficient (Wildman–Crippen LogP) is 5.67. The number of nitrogens with zero attached hydrogens (tertiary/aromatic N) is 1. The number of urea groups is 1. The number of amides is 3. The van der Waals surface area contributed by atoms with Crippen LogP contribution in [0.1, 0.15) is 40.9 Å². The van der Waals surface area contributed by atoms with Crippen molar-refractivity contribution in [2.75, 3.05) is 10.2 Å². The summed E-state index contributed by atoms with van der Waals surface area (Å²) in [6.07, 6.45) is 0.571. The van der Waals surface area contributed by atoms with Gasteiger partial charge in [0.25, 0.3) is 5.91 Å². The second-order valence-corrected chi connectivity index (χ2v) is 8.81. The molecule has 7 heteroatoms. The first kappa shape index (κ1) is 20.4. The Hall–Kier alpha value is -3.51. The number of nitrogens with one attached hydrogen (secondary N) is 2. The molecular weight excluding hydrogens is 426 g/mol. The Morgan fingerprint density at radius 3 is 2.69 bits per heavy atom. The molecule has 3 aromatic rings. The van der Waals surface area contributed by atoms with Crippen LogP contribution in [0, 0.1) is 6.92 Å². The molecule has 2 aliphatic rings. The van der Waals surface area contributed by atoms with E-state index in [4.69, 9.17) is 16.3 Å². The molecule has 5 rings (SSSR count). The van der Waals surface area contributed by atoms with Crippen LogP contribution >= 0.6 is 11.6 Å². The zero-order valence-electron chi connectivity index (χ0n) is 17.7. The van der Waals surface area contributed by atoms with Gasteiger partial charge in [-0.05, 0) is 74.0 Å². The fourth-order valence-electron chi connectivity index (χ4n) is 4.42. The SMILES string of the molecule is Cc1cccc(NC(=O)c2ccc(N3C(=O)NC4CC3(C)Oc3ccc(Cl)cc34)cc2)c1. The molecule has 0 spiro atoms. The van der Waals surface area contributed by atoms with Crippen molar-refractivity contribution in [2.24, 2.45) is 0 Å². The maximum absolute atomic E-state index is 13.0. The van der Waals surface area contributed by atoms with Crippen LogP contribution in [0.4, 0.5) is 16.2 Å². The Morgan fingerprint density at radius 2 is 1.94 bits per heavy atom. The molecule has 2 unspecified atom stereocenters. The number of halogens is 1. The zero-order valence-corrected chi connectivity index (χ0v) is 18.4. The van der Waals surface area contributed by atoms with Gasteiger partial charge in [-0.3, -0.25) is 9.69 Å². The van der Waals surface area contributed by atoms with Gasteiger partial charge < -0.3 is 15.4 Å². The van der Waals surface area contributed by atoms with E-state index in [-0.39, 0.29) is 18.0 Å². The number of carbonyl (C=O) groups excluding carboxylic acids is 2. The summed E-state index contributed by atoms with van der Waals surface area (Å²) in [6, 6.07) is 19.6. The topological polar surface area (TPSA) is 70.7 Å². The molecule has 2 atom stereocenters. The highest BCUT2D eigenvalue weighted by atomic mass is 35.5. The zero-order chi connectivity index (χ0) is 22.5. The van der Waals surface area contributed by atoms with Gasteiger partial charge in [-0.1, -0.05) is 23.7 Å². The van der Waals surface area contributed by atoms with Gasteiger partial charge >= 0.3 is 6.03 Å². The van der Waals surface area contributed by atoms with Crippen LogP contribution in [-0.2, 0) is 0 Å². The summed E-state index contributed by atoms with van der Waals surface area (Å²) in [5, 5.41) is 6.55. The molecule has 3 aromatic carbocycles. The van der Waals surface area contributed by atoms with Crippen LogP contribution in [-0.4, -0.2) is 17.7 Å². The van der Waals surface area contributed by atoms with Crippen molar-refractivity contribution in [3.8, 4) is 5.75 Å². The van der Waals surface area contributed by atoms with Crippen LogP contribution in [0.15, 0.2) is 66.7 Å². The van der Waals surface area contributed by atoms with Crippen LogP contribution in [0.3, 0.4) is 0 Å². The summed E-state index contributed by atoms with van der Waals surface area (Å²) >= 11 is 6.14. The summed E-state index contributed by atoms with van der Waals surface area (Å²) in [5.41, 5.74) is 2.97. The number of carbonyl (C=O) groups is 2. The van der Waals surface area contributed by atoms with E-state index >= 15 is 0 Å². The Bertz CT molecular complexity index is 1230. The van der Waals surface area contributed by atoms with Crippen molar-refractivity contribution < 1.29 is 14.3 Å². The minimum atomic E-state index is -0.862. The smallest absolute Gasteiger partial charge is 0.325 e. The molecule has 1 saturated heterocycles. The lowest BCUT2D eigenvalue weighted by Crippen LogP contribution is -2.65. The predicted molar refractivity (Wildman–Crippen MR) is 124 cm³/mol. The number of anilines is 2. The van der Waals surface area contributed by atoms with Gasteiger partial charge in [0.15, 0.2) is 5.72 Å². The molecule has 6 nitrogen and oxygen atoms in total. The molecule has 1 fully saturated rings. The fourth-order valence-corrected chi connectivity index (χ4v) is 4.60. The first-order valence-corrected chi connectivity index (χ1v) is 10.8. The highest BCUT2D eigenvalue weighted by Gasteiger charge is 2.49. The van der Waals surface area contributed by atoms with E-state index in [1.54, 1.807) is 35.2 Å². The van der Waals surface area contributed by atoms with Crippen molar-refractivity contribution in [1.82, 2.24) is 5.32 Å². The molecule has 0 radical (unpaired) electrons. The Morgan fingerprint density at radius 1 is 1.16 bits per heavy atom. The average Bonchev–Trinajstić information content (AvgIpc) is 2.74. The van der Waals surface area contributed by atoms with Crippen molar-refractivity contribution in [2.45, 2.75) is 32.0 Å². The number of rotatable bonds is 3. The highest BCUT2D eigenvalue weighted by molar-refractivity contribution is 6.30. The number of fused-ring (bicyclic) bond motifs is 4.